The number of carbonyl (C=O) groups excluding carboxylic acids is 1. The fourth-order valence-electron chi connectivity index (χ4n) is 1.75. The van der Waals surface area contributed by atoms with Crippen molar-refractivity contribution in [3.8, 4) is 5.75 Å². The number of amides is 1. The van der Waals surface area contributed by atoms with Crippen LogP contribution in [0.5, 0.6) is 5.75 Å². The lowest BCUT2D eigenvalue weighted by Crippen LogP contribution is -2.14. The third kappa shape index (κ3) is 3.84. The van der Waals surface area contributed by atoms with Crippen molar-refractivity contribution in [3.05, 3.63) is 58.6 Å². The summed E-state index contributed by atoms with van der Waals surface area (Å²) in [5.41, 5.74) is 1.27. The molecule has 4 heteroatoms. The molecular weight excluding hydrogens is 318 g/mol. The third-order valence-electron chi connectivity index (χ3n) is 2.58. The van der Waals surface area contributed by atoms with Crippen molar-refractivity contribution in [2.24, 2.45) is 0 Å². The minimum atomic E-state index is -0.161. The van der Waals surface area contributed by atoms with Crippen LogP contribution < -0.4 is 10.1 Å². The summed E-state index contributed by atoms with van der Waals surface area (Å²) in [6, 6.07) is 14.7. The largest absolute Gasteiger partial charge is 0.489 e. The molecule has 1 N–H and O–H groups in total. The van der Waals surface area contributed by atoms with Crippen LogP contribution in [0.25, 0.3) is 0 Å². The number of benzene rings is 2. The number of carbonyl (C=O) groups is 1. The Labute approximate surface area is 127 Å². The minimum absolute atomic E-state index is 0.0546. The Hall–Kier alpha value is -1.81. The Morgan fingerprint density at radius 3 is 2.60 bits per heavy atom. The zero-order valence-electron chi connectivity index (χ0n) is 11.4. The maximum absolute atomic E-state index is 12.2. The molecule has 0 bridgehead atoms. The second-order valence-electron chi connectivity index (χ2n) is 4.63. The Morgan fingerprint density at radius 2 is 1.90 bits per heavy atom. The number of ether oxygens (including phenoxy) is 1. The molecule has 3 nitrogen and oxygen atoms in total. The second kappa shape index (κ2) is 6.57. The van der Waals surface area contributed by atoms with Gasteiger partial charge in [-0.2, -0.15) is 0 Å². The molecule has 0 atom stereocenters. The van der Waals surface area contributed by atoms with Crippen LogP contribution in [0, 0.1) is 0 Å². The first-order valence-electron chi connectivity index (χ1n) is 6.39. The highest BCUT2D eigenvalue weighted by Crippen LogP contribution is 2.25. The van der Waals surface area contributed by atoms with Gasteiger partial charge >= 0.3 is 0 Å². The van der Waals surface area contributed by atoms with E-state index in [-0.39, 0.29) is 12.0 Å². The molecule has 0 saturated carbocycles. The summed E-state index contributed by atoms with van der Waals surface area (Å²) in [4.78, 5) is 12.2. The molecule has 0 heterocycles. The quantitative estimate of drug-likeness (QED) is 0.895. The predicted molar refractivity (Wildman–Crippen MR) is 84.3 cm³/mol. The molecule has 1 amide bonds. The van der Waals surface area contributed by atoms with E-state index < -0.39 is 0 Å². The van der Waals surface area contributed by atoms with Crippen molar-refractivity contribution >= 4 is 27.5 Å². The van der Waals surface area contributed by atoms with Crippen LogP contribution in [-0.2, 0) is 0 Å². The van der Waals surface area contributed by atoms with Crippen molar-refractivity contribution in [2.45, 2.75) is 20.0 Å². The highest BCUT2D eigenvalue weighted by atomic mass is 79.9. The molecule has 2 rings (SSSR count). The summed E-state index contributed by atoms with van der Waals surface area (Å²) < 4.78 is 6.55. The van der Waals surface area contributed by atoms with Crippen molar-refractivity contribution in [1.29, 1.82) is 0 Å². The van der Waals surface area contributed by atoms with Gasteiger partial charge in [0.15, 0.2) is 0 Å². The van der Waals surface area contributed by atoms with E-state index in [0.29, 0.717) is 17.0 Å². The summed E-state index contributed by atoms with van der Waals surface area (Å²) in [6.45, 7) is 3.90. The van der Waals surface area contributed by atoms with Gasteiger partial charge in [-0.05, 0) is 44.2 Å². The van der Waals surface area contributed by atoms with Crippen molar-refractivity contribution in [3.63, 3.8) is 0 Å². The number of hydrogen-bond donors (Lipinski definition) is 1. The molecule has 0 saturated heterocycles. The van der Waals surface area contributed by atoms with E-state index in [2.05, 4.69) is 21.2 Å². The molecular formula is C16H16BrNO2. The molecule has 0 unspecified atom stereocenters. The topological polar surface area (TPSA) is 38.3 Å². The van der Waals surface area contributed by atoms with Crippen LogP contribution in [0.1, 0.15) is 24.2 Å². The minimum Gasteiger partial charge on any atom is -0.489 e. The van der Waals surface area contributed by atoms with E-state index in [1.54, 1.807) is 12.1 Å². The number of para-hydroxylation sites is 2. The van der Waals surface area contributed by atoms with E-state index in [1.165, 1.54) is 0 Å². The fourth-order valence-corrected chi connectivity index (χ4v) is 2.15. The first-order chi connectivity index (χ1) is 9.56. The molecule has 2 aromatic carbocycles. The lowest BCUT2D eigenvalue weighted by Gasteiger charge is -2.14. The molecule has 0 fully saturated rings. The maximum atomic E-state index is 12.2. The summed E-state index contributed by atoms with van der Waals surface area (Å²) >= 11 is 3.36. The zero-order chi connectivity index (χ0) is 14.5. The van der Waals surface area contributed by atoms with Crippen LogP contribution in [0.4, 0.5) is 5.69 Å². The summed E-state index contributed by atoms with van der Waals surface area (Å²) in [5, 5.41) is 2.87. The number of anilines is 1. The van der Waals surface area contributed by atoms with E-state index in [1.807, 2.05) is 50.2 Å². The van der Waals surface area contributed by atoms with Crippen LogP contribution in [0.2, 0.25) is 0 Å². The summed E-state index contributed by atoms with van der Waals surface area (Å²) in [5.74, 6) is 0.511. The normalized spacial score (nSPS) is 10.4. The van der Waals surface area contributed by atoms with Gasteiger partial charge in [-0.1, -0.05) is 34.1 Å². The molecule has 0 aromatic heterocycles. The molecule has 20 heavy (non-hydrogen) atoms. The summed E-state index contributed by atoms with van der Waals surface area (Å²) in [7, 11) is 0. The summed E-state index contributed by atoms with van der Waals surface area (Å²) in [6.07, 6.45) is 0.0546. The number of halogens is 1. The third-order valence-corrected chi connectivity index (χ3v) is 3.08. The maximum Gasteiger partial charge on any atom is 0.255 e. The first-order valence-corrected chi connectivity index (χ1v) is 7.18. The Balaban J connectivity index is 2.19. The molecule has 0 aliphatic heterocycles. The Morgan fingerprint density at radius 1 is 1.15 bits per heavy atom. The molecule has 0 aliphatic carbocycles. The molecule has 0 aliphatic rings. The van der Waals surface area contributed by atoms with Crippen molar-refractivity contribution in [2.75, 3.05) is 5.32 Å². The Bertz CT molecular complexity index is 611. The fraction of sp³-hybridized carbons (Fsp3) is 0.188. The highest BCUT2D eigenvalue weighted by molar-refractivity contribution is 9.10. The van der Waals surface area contributed by atoms with Crippen LogP contribution in [0.15, 0.2) is 53.0 Å². The highest BCUT2D eigenvalue weighted by Gasteiger charge is 2.10. The van der Waals surface area contributed by atoms with E-state index in [0.717, 1.165) is 4.47 Å². The van der Waals surface area contributed by atoms with E-state index in [9.17, 15) is 4.79 Å². The van der Waals surface area contributed by atoms with Gasteiger partial charge in [0.05, 0.1) is 11.8 Å². The molecule has 104 valence electrons. The average Bonchev–Trinajstić information content (AvgIpc) is 2.40. The van der Waals surface area contributed by atoms with Gasteiger partial charge in [0.25, 0.3) is 5.91 Å². The zero-order valence-corrected chi connectivity index (χ0v) is 13.0. The molecule has 0 radical (unpaired) electrons. The van der Waals surface area contributed by atoms with Crippen LogP contribution in [-0.4, -0.2) is 12.0 Å². The average molecular weight is 334 g/mol. The second-order valence-corrected chi connectivity index (χ2v) is 5.54. The lowest BCUT2D eigenvalue weighted by molar-refractivity contribution is 0.102. The van der Waals surface area contributed by atoms with Gasteiger partial charge < -0.3 is 10.1 Å². The van der Waals surface area contributed by atoms with E-state index >= 15 is 0 Å². The van der Waals surface area contributed by atoms with Gasteiger partial charge in [-0.15, -0.1) is 0 Å². The monoisotopic (exact) mass is 333 g/mol. The van der Waals surface area contributed by atoms with Gasteiger partial charge in [-0.3, -0.25) is 4.79 Å². The van der Waals surface area contributed by atoms with Gasteiger partial charge in [0, 0.05) is 10.0 Å². The number of hydrogen-bond acceptors (Lipinski definition) is 2. The lowest BCUT2D eigenvalue weighted by atomic mass is 10.2. The van der Waals surface area contributed by atoms with E-state index in [4.69, 9.17) is 4.74 Å². The predicted octanol–water partition coefficient (Wildman–Crippen LogP) is 4.49. The smallest absolute Gasteiger partial charge is 0.255 e. The molecule has 0 spiro atoms. The Kier molecular flexibility index (Phi) is 4.79. The van der Waals surface area contributed by atoms with Crippen LogP contribution in [0.3, 0.4) is 0 Å². The first kappa shape index (κ1) is 14.6. The van der Waals surface area contributed by atoms with Gasteiger partial charge in [0.2, 0.25) is 0 Å². The standard InChI is InChI=1S/C16H16BrNO2/c1-11(2)20-15-9-4-3-8-14(15)18-16(19)12-6-5-7-13(17)10-12/h3-11H,1-2H3,(H,18,19). The van der Waals surface area contributed by atoms with Gasteiger partial charge in [-0.25, -0.2) is 0 Å². The number of nitrogens with one attached hydrogen (secondary N) is 1. The van der Waals surface area contributed by atoms with Gasteiger partial charge in [0.1, 0.15) is 5.75 Å². The van der Waals surface area contributed by atoms with Crippen LogP contribution >= 0.6 is 15.9 Å². The van der Waals surface area contributed by atoms with Crippen molar-refractivity contribution < 1.29 is 9.53 Å². The molecule has 2 aromatic rings. The number of rotatable bonds is 4. The van der Waals surface area contributed by atoms with Crippen molar-refractivity contribution in [1.82, 2.24) is 0 Å². The SMILES string of the molecule is CC(C)Oc1ccccc1NC(=O)c1cccc(Br)c1.